The largest absolute Gasteiger partial charge is 0.340 e. The fourth-order valence-corrected chi connectivity index (χ4v) is 2.15. The number of nitrogens with zero attached hydrogens (tertiary/aromatic N) is 2. The van der Waals surface area contributed by atoms with Gasteiger partial charge in [-0.25, -0.2) is 20.2 Å². The number of rotatable bonds is 5. The van der Waals surface area contributed by atoms with Gasteiger partial charge >= 0.3 is 0 Å². The fourth-order valence-electron chi connectivity index (χ4n) is 1.92. The van der Waals surface area contributed by atoms with E-state index in [0.717, 1.165) is 18.4 Å². The molecule has 0 aliphatic heterocycles. The summed E-state index contributed by atoms with van der Waals surface area (Å²) in [5.41, 5.74) is 3.82. The van der Waals surface area contributed by atoms with Crippen molar-refractivity contribution in [2.24, 2.45) is 5.84 Å². The van der Waals surface area contributed by atoms with E-state index in [0.29, 0.717) is 28.2 Å². The van der Waals surface area contributed by atoms with Crippen molar-refractivity contribution in [3.05, 3.63) is 40.4 Å². The minimum Gasteiger partial charge on any atom is -0.340 e. The summed E-state index contributed by atoms with van der Waals surface area (Å²) in [5, 5.41) is 3.37. The number of aromatic nitrogens is 2. The summed E-state index contributed by atoms with van der Waals surface area (Å²) < 4.78 is 13.4. The molecule has 1 heterocycles. The molecule has 1 aromatic carbocycles. The molecule has 0 saturated heterocycles. The van der Waals surface area contributed by atoms with Gasteiger partial charge in [-0.05, 0) is 31.5 Å². The Labute approximate surface area is 127 Å². The van der Waals surface area contributed by atoms with E-state index in [4.69, 9.17) is 17.4 Å². The molecule has 0 amide bonds. The third-order valence-corrected chi connectivity index (χ3v) is 3.15. The molecule has 21 heavy (non-hydrogen) atoms. The maximum atomic E-state index is 13.4. The number of anilines is 3. The molecular formula is C14H17ClFN5. The molecule has 0 radical (unpaired) electrons. The van der Waals surface area contributed by atoms with Gasteiger partial charge in [0.05, 0.1) is 0 Å². The Morgan fingerprint density at radius 1 is 1.24 bits per heavy atom. The maximum absolute atomic E-state index is 13.4. The predicted molar refractivity (Wildman–Crippen MR) is 83.3 cm³/mol. The molecule has 4 N–H and O–H groups in total. The number of hydrazine groups is 1. The summed E-state index contributed by atoms with van der Waals surface area (Å²) in [6.45, 7) is 3.87. The normalized spacial score (nSPS) is 10.5. The zero-order valence-electron chi connectivity index (χ0n) is 11.9. The van der Waals surface area contributed by atoms with Crippen molar-refractivity contribution in [2.45, 2.75) is 26.7 Å². The molecule has 7 heteroatoms. The number of halogens is 2. The van der Waals surface area contributed by atoms with E-state index in [-0.39, 0.29) is 0 Å². The van der Waals surface area contributed by atoms with Gasteiger partial charge in [-0.3, -0.25) is 0 Å². The molecule has 0 fully saturated rings. The van der Waals surface area contributed by atoms with E-state index in [2.05, 4.69) is 20.7 Å². The summed E-state index contributed by atoms with van der Waals surface area (Å²) in [5.74, 6) is 6.84. The lowest BCUT2D eigenvalue weighted by atomic mass is 10.2. The van der Waals surface area contributed by atoms with Gasteiger partial charge in [-0.1, -0.05) is 18.5 Å². The average Bonchev–Trinajstić information content (AvgIpc) is 2.41. The minimum absolute atomic E-state index is 0.315. The first-order valence-corrected chi connectivity index (χ1v) is 6.98. The first kappa shape index (κ1) is 15.5. The highest BCUT2D eigenvalue weighted by molar-refractivity contribution is 6.30. The lowest BCUT2D eigenvalue weighted by Crippen LogP contribution is -2.14. The summed E-state index contributed by atoms with van der Waals surface area (Å²) in [6.07, 6.45) is 1.64. The van der Waals surface area contributed by atoms with Crippen LogP contribution in [-0.4, -0.2) is 9.97 Å². The molecule has 0 spiro atoms. The van der Waals surface area contributed by atoms with Crippen LogP contribution in [-0.2, 0) is 6.42 Å². The SMILES string of the molecule is CCCc1nc(NN)c(C)c(Nc2cc(F)cc(Cl)c2)n1. The Bertz CT molecular complexity index is 627. The van der Waals surface area contributed by atoms with Crippen LogP contribution in [0.2, 0.25) is 5.02 Å². The number of nitrogens with one attached hydrogen (secondary N) is 2. The molecule has 0 bridgehead atoms. The second-order valence-corrected chi connectivity index (χ2v) is 5.08. The van der Waals surface area contributed by atoms with Gasteiger partial charge in [0.2, 0.25) is 0 Å². The summed E-state index contributed by atoms with van der Waals surface area (Å²) in [6, 6.07) is 4.22. The molecule has 5 nitrogen and oxygen atoms in total. The minimum atomic E-state index is -0.414. The second kappa shape index (κ2) is 6.69. The van der Waals surface area contributed by atoms with Crippen LogP contribution in [0.1, 0.15) is 24.7 Å². The number of benzene rings is 1. The van der Waals surface area contributed by atoms with Crippen molar-refractivity contribution >= 4 is 28.9 Å². The third-order valence-electron chi connectivity index (χ3n) is 2.93. The average molecular weight is 310 g/mol. The zero-order valence-corrected chi connectivity index (χ0v) is 12.6. The van der Waals surface area contributed by atoms with E-state index in [9.17, 15) is 4.39 Å². The topological polar surface area (TPSA) is 75.9 Å². The van der Waals surface area contributed by atoms with Crippen LogP contribution in [0, 0.1) is 12.7 Å². The van der Waals surface area contributed by atoms with Crippen LogP contribution < -0.4 is 16.6 Å². The van der Waals surface area contributed by atoms with Crippen LogP contribution in [0.5, 0.6) is 0 Å². The van der Waals surface area contributed by atoms with Crippen molar-refractivity contribution in [2.75, 3.05) is 10.7 Å². The molecule has 2 aromatic rings. The van der Waals surface area contributed by atoms with Crippen LogP contribution in [0.25, 0.3) is 0 Å². The molecule has 2 rings (SSSR count). The van der Waals surface area contributed by atoms with E-state index in [1.807, 2.05) is 13.8 Å². The van der Waals surface area contributed by atoms with Gasteiger partial charge < -0.3 is 10.7 Å². The Hall–Kier alpha value is -1.92. The van der Waals surface area contributed by atoms with Gasteiger partial charge in [0.15, 0.2) is 0 Å². The van der Waals surface area contributed by atoms with E-state index in [1.165, 1.54) is 12.1 Å². The van der Waals surface area contributed by atoms with Crippen molar-refractivity contribution in [3.63, 3.8) is 0 Å². The molecule has 0 aliphatic carbocycles. The number of hydrogen-bond donors (Lipinski definition) is 3. The second-order valence-electron chi connectivity index (χ2n) is 4.64. The Kier molecular flexibility index (Phi) is 4.93. The number of nitrogen functional groups attached to an aromatic ring is 1. The van der Waals surface area contributed by atoms with E-state index >= 15 is 0 Å². The zero-order chi connectivity index (χ0) is 15.4. The quantitative estimate of drug-likeness (QED) is 0.581. The molecule has 112 valence electrons. The van der Waals surface area contributed by atoms with Crippen LogP contribution in [0.4, 0.5) is 21.7 Å². The maximum Gasteiger partial charge on any atom is 0.148 e. The molecule has 0 saturated carbocycles. The Morgan fingerprint density at radius 3 is 2.57 bits per heavy atom. The summed E-state index contributed by atoms with van der Waals surface area (Å²) >= 11 is 5.85. The number of aryl methyl sites for hydroxylation is 1. The summed E-state index contributed by atoms with van der Waals surface area (Å²) in [7, 11) is 0. The molecular weight excluding hydrogens is 293 g/mol. The summed E-state index contributed by atoms with van der Waals surface area (Å²) in [4.78, 5) is 8.77. The van der Waals surface area contributed by atoms with E-state index in [1.54, 1.807) is 6.07 Å². The standard InChI is InChI=1S/C14H17ClFN5/c1-3-4-12-19-13(8(2)14(20-12)21-17)18-11-6-9(15)5-10(16)7-11/h5-7H,3-4,17H2,1-2H3,(H2,18,19,20,21). The van der Waals surface area contributed by atoms with Gasteiger partial charge in [-0.2, -0.15) is 0 Å². The van der Waals surface area contributed by atoms with Crippen LogP contribution in [0.15, 0.2) is 18.2 Å². The smallest absolute Gasteiger partial charge is 0.148 e. The van der Waals surface area contributed by atoms with Crippen molar-refractivity contribution < 1.29 is 4.39 Å². The molecule has 0 atom stereocenters. The van der Waals surface area contributed by atoms with Crippen LogP contribution in [0.3, 0.4) is 0 Å². The van der Waals surface area contributed by atoms with Gasteiger partial charge in [0, 0.05) is 22.7 Å². The number of nitrogens with two attached hydrogens (primary N) is 1. The third kappa shape index (κ3) is 3.80. The van der Waals surface area contributed by atoms with Gasteiger partial charge in [0.1, 0.15) is 23.3 Å². The van der Waals surface area contributed by atoms with E-state index < -0.39 is 5.82 Å². The Balaban J connectivity index is 2.39. The number of hydrogen-bond acceptors (Lipinski definition) is 5. The molecule has 1 aromatic heterocycles. The highest BCUT2D eigenvalue weighted by atomic mass is 35.5. The highest BCUT2D eigenvalue weighted by Crippen LogP contribution is 2.25. The van der Waals surface area contributed by atoms with Crippen LogP contribution >= 0.6 is 11.6 Å². The Morgan fingerprint density at radius 2 is 1.95 bits per heavy atom. The monoisotopic (exact) mass is 309 g/mol. The van der Waals surface area contributed by atoms with Crippen molar-refractivity contribution in [1.29, 1.82) is 0 Å². The lowest BCUT2D eigenvalue weighted by molar-refractivity contribution is 0.628. The van der Waals surface area contributed by atoms with Crippen molar-refractivity contribution in [3.8, 4) is 0 Å². The molecule has 0 aliphatic rings. The first-order chi connectivity index (χ1) is 10.0. The predicted octanol–water partition coefficient (Wildman–Crippen LogP) is 3.56. The fraction of sp³-hybridized carbons (Fsp3) is 0.286. The highest BCUT2D eigenvalue weighted by Gasteiger charge is 2.11. The molecule has 0 unspecified atom stereocenters. The van der Waals surface area contributed by atoms with Gasteiger partial charge in [-0.15, -0.1) is 0 Å². The van der Waals surface area contributed by atoms with Crippen molar-refractivity contribution in [1.82, 2.24) is 9.97 Å². The first-order valence-electron chi connectivity index (χ1n) is 6.60. The van der Waals surface area contributed by atoms with Gasteiger partial charge in [0.25, 0.3) is 0 Å². The lowest BCUT2D eigenvalue weighted by Gasteiger charge is -2.13.